The van der Waals surface area contributed by atoms with Gasteiger partial charge in [-0.1, -0.05) is 12.8 Å². The van der Waals surface area contributed by atoms with Crippen LogP contribution in [0.2, 0.25) is 0 Å². The molecule has 0 radical (unpaired) electrons. The van der Waals surface area contributed by atoms with Gasteiger partial charge in [0.2, 0.25) is 0 Å². The zero-order valence-corrected chi connectivity index (χ0v) is 9.11. The molecule has 0 saturated heterocycles. The molecular weight excluding hydrogens is 188 g/mol. The Morgan fingerprint density at radius 2 is 2.20 bits per heavy atom. The van der Waals surface area contributed by atoms with Crippen LogP contribution in [0.1, 0.15) is 31.2 Å². The van der Waals surface area contributed by atoms with E-state index in [4.69, 9.17) is 0 Å². The van der Waals surface area contributed by atoms with Gasteiger partial charge in [-0.3, -0.25) is 0 Å². The Labute approximate surface area is 90.5 Å². The van der Waals surface area contributed by atoms with Crippen LogP contribution in [0.5, 0.6) is 0 Å². The molecule has 0 bridgehead atoms. The van der Waals surface area contributed by atoms with Crippen molar-refractivity contribution in [1.29, 1.82) is 0 Å². The molecule has 1 heterocycles. The Kier molecular flexibility index (Phi) is 3.21. The van der Waals surface area contributed by atoms with Gasteiger partial charge in [0.25, 0.3) is 0 Å². The fourth-order valence-electron chi connectivity index (χ4n) is 2.08. The molecule has 2 N–H and O–H groups in total. The number of nitrogens with zero attached hydrogens (tertiary/aromatic N) is 1. The average molecular weight is 206 g/mol. The predicted molar refractivity (Wildman–Crippen MR) is 60.9 cm³/mol. The third-order valence-corrected chi connectivity index (χ3v) is 2.98. The molecule has 1 aromatic heterocycles. The fourth-order valence-corrected chi connectivity index (χ4v) is 2.08. The molecule has 15 heavy (non-hydrogen) atoms. The van der Waals surface area contributed by atoms with E-state index in [2.05, 4.69) is 10.3 Å². The third kappa shape index (κ3) is 2.69. The summed E-state index contributed by atoms with van der Waals surface area (Å²) in [6, 6.07) is 4.16. The third-order valence-electron chi connectivity index (χ3n) is 2.98. The maximum atomic E-state index is 9.81. The van der Waals surface area contributed by atoms with Gasteiger partial charge in [-0.2, -0.15) is 0 Å². The molecular formula is C12H18N2O. The molecule has 3 heteroatoms. The first-order valence-electron chi connectivity index (χ1n) is 5.63. The van der Waals surface area contributed by atoms with Crippen LogP contribution in [-0.2, 0) is 0 Å². The summed E-state index contributed by atoms with van der Waals surface area (Å²) in [6.45, 7) is 2.05. The van der Waals surface area contributed by atoms with Crippen molar-refractivity contribution >= 4 is 5.82 Å². The van der Waals surface area contributed by atoms with E-state index in [-0.39, 0.29) is 12.1 Å². The van der Waals surface area contributed by atoms with Crippen molar-refractivity contribution in [3.63, 3.8) is 0 Å². The molecule has 2 atom stereocenters. The van der Waals surface area contributed by atoms with Crippen molar-refractivity contribution in [2.75, 3.05) is 5.32 Å². The predicted octanol–water partition coefficient (Wildman–Crippen LogP) is 2.11. The number of rotatable bonds is 2. The molecule has 1 fully saturated rings. The van der Waals surface area contributed by atoms with Crippen molar-refractivity contribution in [3.8, 4) is 0 Å². The highest BCUT2D eigenvalue weighted by atomic mass is 16.3. The number of aliphatic hydroxyl groups excluding tert-OH is 1. The molecule has 0 spiro atoms. The van der Waals surface area contributed by atoms with E-state index in [1.807, 2.05) is 19.1 Å². The molecule has 1 aliphatic carbocycles. The van der Waals surface area contributed by atoms with Gasteiger partial charge in [0.15, 0.2) is 0 Å². The highest BCUT2D eigenvalue weighted by molar-refractivity contribution is 5.38. The van der Waals surface area contributed by atoms with Crippen LogP contribution in [0, 0.1) is 6.92 Å². The van der Waals surface area contributed by atoms with Crippen molar-refractivity contribution < 1.29 is 5.11 Å². The number of nitrogens with one attached hydrogen (secondary N) is 1. The number of aryl methyl sites for hydroxylation is 1. The van der Waals surface area contributed by atoms with Gasteiger partial charge in [-0.25, -0.2) is 4.98 Å². The lowest BCUT2D eigenvalue weighted by Crippen LogP contribution is -2.36. The quantitative estimate of drug-likeness (QED) is 0.779. The van der Waals surface area contributed by atoms with Crippen molar-refractivity contribution in [2.45, 2.75) is 44.8 Å². The largest absolute Gasteiger partial charge is 0.391 e. The topological polar surface area (TPSA) is 45.2 Å². The summed E-state index contributed by atoms with van der Waals surface area (Å²) in [6.07, 6.45) is 5.86. The molecule has 3 nitrogen and oxygen atoms in total. The molecule has 1 aromatic rings. The number of aromatic nitrogens is 1. The zero-order valence-electron chi connectivity index (χ0n) is 9.11. The normalized spacial score (nSPS) is 26.3. The minimum Gasteiger partial charge on any atom is -0.391 e. The van der Waals surface area contributed by atoms with Gasteiger partial charge in [-0.05, 0) is 37.5 Å². The average Bonchev–Trinajstić information content (AvgIpc) is 2.22. The molecule has 0 aliphatic heterocycles. The molecule has 0 aromatic carbocycles. The molecule has 1 aliphatic rings. The molecule has 2 rings (SSSR count). The maximum Gasteiger partial charge on any atom is 0.126 e. The van der Waals surface area contributed by atoms with Crippen LogP contribution in [0.4, 0.5) is 5.82 Å². The summed E-state index contributed by atoms with van der Waals surface area (Å²) in [5, 5.41) is 13.1. The second-order valence-electron chi connectivity index (χ2n) is 4.32. The van der Waals surface area contributed by atoms with E-state index in [9.17, 15) is 5.11 Å². The zero-order chi connectivity index (χ0) is 10.7. The van der Waals surface area contributed by atoms with Gasteiger partial charge < -0.3 is 10.4 Å². The SMILES string of the molecule is Cc1ccnc(NC2CCCCC2O)c1. The molecule has 1 saturated carbocycles. The second-order valence-corrected chi connectivity index (χ2v) is 4.32. The summed E-state index contributed by atoms with van der Waals surface area (Å²) >= 11 is 0. The van der Waals surface area contributed by atoms with Gasteiger partial charge >= 0.3 is 0 Å². The van der Waals surface area contributed by atoms with E-state index < -0.39 is 0 Å². The monoisotopic (exact) mass is 206 g/mol. The van der Waals surface area contributed by atoms with E-state index in [1.54, 1.807) is 6.20 Å². The highest BCUT2D eigenvalue weighted by Gasteiger charge is 2.22. The Hall–Kier alpha value is -1.09. The van der Waals surface area contributed by atoms with E-state index in [0.29, 0.717) is 0 Å². The molecule has 0 amide bonds. The fraction of sp³-hybridized carbons (Fsp3) is 0.583. The number of hydrogen-bond acceptors (Lipinski definition) is 3. The number of anilines is 1. The standard InChI is InChI=1S/C12H18N2O/c1-9-6-7-13-12(8-9)14-10-4-2-3-5-11(10)15/h6-8,10-11,15H,2-5H2,1H3,(H,13,14). The Morgan fingerprint density at radius 3 is 2.93 bits per heavy atom. The highest BCUT2D eigenvalue weighted by Crippen LogP contribution is 2.21. The van der Waals surface area contributed by atoms with E-state index >= 15 is 0 Å². The van der Waals surface area contributed by atoms with Crippen LogP contribution >= 0.6 is 0 Å². The van der Waals surface area contributed by atoms with Crippen LogP contribution in [0.25, 0.3) is 0 Å². The Morgan fingerprint density at radius 1 is 1.40 bits per heavy atom. The van der Waals surface area contributed by atoms with Gasteiger partial charge in [-0.15, -0.1) is 0 Å². The Balaban J connectivity index is 2.01. The summed E-state index contributed by atoms with van der Waals surface area (Å²) in [7, 11) is 0. The minimum atomic E-state index is -0.221. The molecule has 82 valence electrons. The van der Waals surface area contributed by atoms with E-state index in [0.717, 1.165) is 25.1 Å². The lowest BCUT2D eigenvalue weighted by atomic mass is 9.92. The molecule has 2 unspecified atom stereocenters. The summed E-state index contributed by atoms with van der Waals surface area (Å²) in [4.78, 5) is 4.25. The lowest BCUT2D eigenvalue weighted by molar-refractivity contribution is 0.116. The van der Waals surface area contributed by atoms with Crippen molar-refractivity contribution in [2.24, 2.45) is 0 Å². The lowest BCUT2D eigenvalue weighted by Gasteiger charge is -2.28. The van der Waals surface area contributed by atoms with Gasteiger partial charge in [0.1, 0.15) is 5.82 Å². The van der Waals surface area contributed by atoms with Crippen LogP contribution in [-0.4, -0.2) is 22.2 Å². The number of aliphatic hydroxyl groups is 1. The maximum absolute atomic E-state index is 9.81. The first-order chi connectivity index (χ1) is 7.25. The summed E-state index contributed by atoms with van der Waals surface area (Å²) in [5.41, 5.74) is 1.19. The van der Waals surface area contributed by atoms with E-state index in [1.165, 1.54) is 12.0 Å². The van der Waals surface area contributed by atoms with Crippen molar-refractivity contribution in [1.82, 2.24) is 4.98 Å². The first-order valence-corrected chi connectivity index (χ1v) is 5.63. The van der Waals surface area contributed by atoms with Gasteiger partial charge in [0.05, 0.1) is 12.1 Å². The number of hydrogen-bond donors (Lipinski definition) is 2. The second kappa shape index (κ2) is 4.62. The smallest absolute Gasteiger partial charge is 0.126 e. The first kappa shape index (κ1) is 10.4. The van der Waals surface area contributed by atoms with Crippen LogP contribution in [0.15, 0.2) is 18.3 Å². The van der Waals surface area contributed by atoms with Crippen LogP contribution < -0.4 is 5.32 Å². The number of pyridine rings is 1. The minimum absolute atomic E-state index is 0.174. The Bertz CT molecular complexity index is 327. The van der Waals surface area contributed by atoms with Gasteiger partial charge in [0, 0.05) is 6.20 Å². The summed E-state index contributed by atoms with van der Waals surface area (Å²) < 4.78 is 0. The summed E-state index contributed by atoms with van der Waals surface area (Å²) in [5.74, 6) is 0.876. The van der Waals surface area contributed by atoms with Crippen molar-refractivity contribution in [3.05, 3.63) is 23.9 Å². The van der Waals surface area contributed by atoms with Crippen LogP contribution in [0.3, 0.4) is 0 Å².